The van der Waals surface area contributed by atoms with Crippen molar-refractivity contribution in [2.75, 3.05) is 5.32 Å². The smallest absolute Gasteiger partial charge is 0.256 e. The summed E-state index contributed by atoms with van der Waals surface area (Å²) in [5.74, 6) is -2.43. The van der Waals surface area contributed by atoms with Gasteiger partial charge in [-0.1, -0.05) is 0 Å². The Balaban J connectivity index is 2.30. The van der Waals surface area contributed by atoms with Crippen molar-refractivity contribution in [3.63, 3.8) is 0 Å². The molecule has 0 unspecified atom stereocenters. The molecule has 20 heavy (non-hydrogen) atoms. The summed E-state index contributed by atoms with van der Waals surface area (Å²) in [6.07, 6.45) is 0. The molecule has 1 amide bonds. The Morgan fingerprint density at radius 1 is 0.950 bits per heavy atom. The average molecular weight is 279 g/mol. The molecule has 0 aromatic heterocycles. The third kappa shape index (κ3) is 2.82. The largest absolute Gasteiger partial charge is 0.319 e. The first kappa shape index (κ1) is 14.1. The van der Waals surface area contributed by atoms with Crippen molar-refractivity contribution in [3.8, 4) is 0 Å². The van der Waals surface area contributed by atoms with Crippen LogP contribution in [0, 0.1) is 31.3 Å². The first-order valence-electron chi connectivity index (χ1n) is 5.91. The Labute approximate surface area is 114 Å². The predicted molar refractivity (Wildman–Crippen MR) is 70.2 cm³/mol. The van der Waals surface area contributed by atoms with Gasteiger partial charge in [-0.15, -0.1) is 0 Å². The molecule has 0 aliphatic carbocycles. The third-order valence-corrected chi connectivity index (χ3v) is 2.93. The summed E-state index contributed by atoms with van der Waals surface area (Å²) in [5, 5.41) is 2.28. The molecule has 2 aromatic carbocycles. The Morgan fingerprint density at radius 3 is 2.30 bits per heavy atom. The van der Waals surface area contributed by atoms with Gasteiger partial charge in [0.25, 0.3) is 5.91 Å². The number of rotatable bonds is 2. The van der Waals surface area contributed by atoms with Crippen LogP contribution in [0.3, 0.4) is 0 Å². The lowest BCUT2D eigenvalue weighted by Gasteiger charge is -2.09. The number of anilines is 1. The molecule has 0 aliphatic heterocycles. The number of carbonyl (C=O) groups is 1. The number of halogens is 3. The van der Waals surface area contributed by atoms with E-state index >= 15 is 0 Å². The van der Waals surface area contributed by atoms with Crippen molar-refractivity contribution in [2.24, 2.45) is 0 Å². The van der Waals surface area contributed by atoms with Gasteiger partial charge in [-0.2, -0.15) is 0 Å². The number of aryl methyl sites for hydroxylation is 2. The summed E-state index contributed by atoms with van der Waals surface area (Å²) in [6, 6.07) is 5.54. The molecule has 1 N–H and O–H groups in total. The number of hydrogen-bond acceptors (Lipinski definition) is 1. The average Bonchev–Trinajstić information content (AvgIpc) is 2.35. The quantitative estimate of drug-likeness (QED) is 0.885. The highest BCUT2D eigenvalue weighted by molar-refractivity contribution is 6.05. The highest BCUT2D eigenvalue weighted by Gasteiger charge is 2.14. The van der Waals surface area contributed by atoms with E-state index in [1.54, 1.807) is 6.92 Å². The number of amides is 1. The van der Waals surface area contributed by atoms with Gasteiger partial charge in [0.05, 0.1) is 5.69 Å². The van der Waals surface area contributed by atoms with Crippen LogP contribution in [0.5, 0.6) is 0 Å². The number of nitrogens with one attached hydrogen (secondary N) is 1. The van der Waals surface area contributed by atoms with Gasteiger partial charge < -0.3 is 5.32 Å². The fraction of sp³-hybridized carbons (Fsp3) is 0.133. The van der Waals surface area contributed by atoms with Crippen LogP contribution >= 0.6 is 0 Å². The highest BCUT2D eigenvalue weighted by atomic mass is 19.1. The Kier molecular flexibility index (Phi) is 3.79. The van der Waals surface area contributed by atoms with Gasteiger partial charge in [0, 0.05) is 11.6 Å². The van der Waals surface area contributed by atoms with Crippen molar-refractivity contribution < 1.29 is 18.0 Å². The van der Waals surface area contributed by atoms with E-state index in [9.17, 15) is 18.0 Å². The zero-order valence-electron chi connectivity index (χ0n) is 10.9. The van der Waals surface area contributed by atoms with Gasteiger partial charge in [-0.3, -0.25) is 4.79 Å². The van der Waals surface area contributed by atoms with Crippen LogP contribution in [0.1, 0.15) is 21.5 Å². The zero-order chi connectivity index (χ0) is 14.9. The van der Waals surface area contributed by atoms with Crippen molar-refractivity contribution in [2.45, 2.75) is 13.8 Å². The minimum absolute atomic E-state index is 0.151. The van der Waals surface area contributed by atoms with Gasteiger partial charge in [0.1, 0.15) is 17.5 Å². The summed E-state index contributed by atoms with van der Waals surface area (Å²) in [7, 11) is 0. The third-order valence-electron chi connectivity index (χ3n) is 2.93. The summed E-state index contributed by atoms with van der Waals surface area (Å²) in [4.78, 5) is 12.0. The predicted octanol–water partition coefficient (Wildman–Crippen LogP) is 3.97. The minimum Gasteiger partial charge on any atom is -0.319 e. The second-order valence-corrected chi connectivity index (χ2v) is 4.49. The molecule has 0 spiro atoms. The molecule has 0 saturated heterocycles. The Hall–Kier alpha value is -2.30. The summed E-state index contributed by atoms with van der Waals surface area (Å²) < 4.78 is 40.0. The van der Waals surface area contributed by atoms with E-state index in [2.05, 4.69) is 5.32 Å². The molecular formula is C15H12F3NO. The van der Waals surface area contributed by atoms with Crippen LogP contribution in [0.15, 0.2) is 30.3 Å². The van der Waals surface area contributed by atoms with Gasteiger partial charge in [-0.25, -0.2) is 13.2 Å². The van der Waals surface area contributed by atoms with E-state index in [0.29, 0.717) is 5.56 Å². The molecule has 5 heteroatoms. The van der Waals surface area contributed by atoms with Crippen LogP contribution in [0.2, 0.25) is 0 Å². The maximum absolute atomic E-state index is 13.6. The molecule has 0 aliphatic rings. The summed E-state index contributed by atoms with van der Waals surface area (Å²) in [6.45, 7) is 2.98. The number of hydrogen-bond donors (Lipinski definition) is 1. The van der Waals surface area contributed by atoms with Crippen LogP contribution < -0.4 is 5.32 Å². The summed E-state index contributed by atoms with van der Waals surface area (Å²) in [5.41, 5.74) is 0.516. The fourth-order valence-corrected chi connectivity index (χ4v) is 1.81. The van der Waals surface area contributed by atoms with Crippen LogP contribution in [0.4, 0.5) is 18.9 Å². The monoisotopic (exact) mass is 279 g/mol. The first-order chi connectivity index (χ1) is 9.38. The molecule has 0 fully saturated rings. The SMILES string of the molecule is Cc1cc(F)c(NC(=O)c2ccc(F)cc2C)cc1F. The van der Waals surface area contributed by atoms with Gasteiger partial charge in [0.15, 0.2) is 0 Å². The minimum atomic E-state index is -0.725. The molecule has 104 valence electrons. The molecule has 0 heterocycles. The maximum Gasteiger partial charge on any atom is 0.256 e. The topological polar surface area (TPSA) is 29.1 Å². The number of carbonyl (C=O) groups excluding carboxylic acids is 1. The van der Waals surface area contributed by atoms with E-state index < -0.39 is 23.4 Å². The summed E-state index contributed by atoms with van der Waals surface area (Å²) >= 11 is 0. The molecule has 0 bridgehead atoms. The van der Waals surface area contributed by atoms with Gasteiger partial charge in [-0.05, 0) is 49.2 Å². The molecule has 0 atom stereocenters. The van der Waals surface area contributed by atoms with Crippen LogP contribution in [-0.4, -0.2) is 5.91 Å². The Bertz CT molecular complexity index is 683. The van der Waals surface area contributed by atoms with Crippen molar-refractivity contribution in [1.82, 2.24) is 0 Å². The van der Waals surface area contributed by atoms with Crippen LogP contribution in [0.25, 0.3) is 0 Å². The second-order valence-electron chi connectivity index (χ2n) is 4.49. The maximum atomic E-state index is 13.6. The molecule has 2 nitrogen and oxygen atoms in total. The van der Waals surface area contributed by atoms with Gasteiger partial charge in [0.2, 0.25) is 0 Å². The molecule has 2 aromatic rings. The van der Waals surface area contributed by atoms with Crippen molar-refractivity contribution in [1.29, 1.82) is 0 Å². The van der Waals surface area contributed by atoms with Crippen molar-refractivity contribution >= 4 is 11.6 Å². The van der Waals surface area contributed by atoms with E-state index in [4.69, 9.17) is 0 Å². The standard InChI is InChI=1S/C15H12F3NO/c1-8-5-10(16)3-4-11(8)15(20)19-14-7-12(17)9(2)6-13(14)18/h3-7H,1-2H3,(H,19,20). The van der Waals surface area contributed by atoms with E-state index in [1.807, 2.05) is 0 Å². The zero-order valence-corrected chi connectivity index (χ0v) is 10.9. The molecule has 0 saturated carbocycles. The fourth-order valence-electron chi connectivity index (χ4n) is 1.81. The lowest BCUT2D eigenvalue weighted by Crippen LogP contribution is -2.15. The number of benzene rings is 2. The molecular weight excluding hydrogens is 267 g/mol. The first-order valence-corrected chi connectivity index (χ1v) is 5.91. The Morgan fingerprint density at radius 2 is 1.65 bits per heavy atom. The highest BCUT2D eigenvalue weighted by Crippen LogP contribution is 2.20. The van der Waals surface area contributed by atoms with Gasteiger partial charge >= 0.3 is 0 Å². The van der Waals surface area contributed by atoms with E-state index in [1.165, 1.54) is 19.1 Å². The van der Waals surface area contributed by atoms with Crippen LogP contribution in [-0.2, 0) is 0 Å². The lowest BCUT2D eigenvalue weighted by atomic mass is 10.1. The molecule has 2 rings (SSSR count). The molecule has 0 radical (unpaired) electrons. The van der Waals surface area contributed by atoms with E-state index in [0.717, 1.165) is 18.2 Å². The van der Waals surface area contributed by atoms with Crippen molar-refractivity contribution in [3.05, 3.63) is 64.5 Å². The van der Waals surface area contributed by atoms with E-state index in [-0.39, 0.29) is 16.8 Å². The second kappa shape index (κ2) is 5.36. The normalized spacial score (nSPS) is 10.4. The lowest BCUT2D eigenvalue weighted by molar-refractivity contribution is 0.102.